The third kappa shape index (κ3) is 4.85. The minimum Gasteiger partial charge on any atom is -0.494 e. The fraction of sp³-hybridized carbons (Fsp3) is 0.500. The second-order valence-electron chi connectivity index (χ2n) is 3.19. The van der Waals surface area contributed by atoms with Gasteiger partial charge in [0.05, 0.1) is 13.3 Å². The summed E-state index contributed by atoms with van der Waals surface area (Å²) >= 11 is 0. The molecular formula is C12H16FO. The van der Waals surface area contributed by atoms with E-state index in [1.54, 1.807) is 0 Å². The van der Waals surface area contributed by atoms with Crippen LogP contribution in [-0.4, -0.2) is 13.3 Å². The van der Waals surface area contributed by atoms with Gasteiger partial charge in [0, 0.05) is 0 Å². The molecule has 77 valence electrons. The largest absolute Gasteiger partial charge is 0.494 e. The molecule has 0 spiro atoms. The lowest BCUT2D eigenvalue weighted by Gasteiger charge is -2.04. The van der Waals surface area contributed by atoms with Crippen molar-refractivity contribution < 1.29 is 9.13 Å². The van der Waals surface area contributed by atoms with Crippen molar-refractivity contribution in [1.82, 2.24) is 0 Å². The van der Waals surface area contributed by atoms with Crippen molar-refractivity contribution >= 4 is 0 Å². The van der Waals surface area contributed by atoms with Gasteiger partial charge in [0.15, 0.2) is 0 Å². The van der Waals surface area contributed by atoms with Crippen LogP contribution in [-0.2, 0) is 0 Å². The SMILES string of the molecule is FCCCCCCOc1c[c]ccc1. The Morgan fingerprint density at radius 2 is 2.07 bits per heavy atom. The molecule has 1 rings (SSSR count). The van der Waals surface area contributed by atoms with Crippen molar-refractivity contribution in [2.24, 2.45) is 0 Å². The summed E-state index contributed by atoms with van der Waals surface area (Å²) in [5, 5.41) is 0. The fourth-order valence-corrected chi connectivity index (χ4v) is 1.21. The summed E-state index contributed by atoms with van der Waals surface area (Å²) in [7, 11) is 0. The predicted octanol–water partition coefficient (Wildman–Crippen LogP) is 3.40. The average Bonchev–Trinajstić information content (AvgIpc) is 2.25. The summed E-state index contributed by atoms with van der Waals surface area (Å²) < 4.78 is 17.2. The Morgan fingerprint density at radius 1 is 1.21 bits per heavy atom. The highest BCUT2D eigenvalue weighted by Crippen LogP contribution is 2.09. The molecule has 0 aromatic heterocycles. The van der Waals surface area contributed by atoms with Gasteiger partial charge >= 0.3 is 0 Å². The number of ether oxygens (including phenoxy) is 1. The smallest absolute Gasteiger partial charge is 0.119 e. The van der Waals surface area contributed by atoms with Gasteiger partial charge < -0.3 is 4.74 Å². The Kier molecular flexibility index (Phi) is 5.80. The molecule has 14 heavy (non-hydrogen) atoms. The Morgan fingerprint density at radius 3 is 2.79 bits per heavy atom. The van der Waals surface area contributed by atoms with E-state index >= 15 is 0 Å². The van der Waals surface area contributed by atoms with Crippen LogP contribution in [0.1, 0.15) is 25.7 Å². The van der Waals surface area contributed by atoms with Gasteiger partial charge in [-0.25, -0.2) is 0 Å². The monoisotopic (exact) mass is 195 g/mol. The van der Waals surface area contributed by atoms with E-state index in [4.69, 9.17) is 4.74 Å². The molecule has 0 bridgehead atoms. The summed E-state index contributed by atoms with van der Waals surface area (Å²) in [5.41, 5.74) is 0. The van der Waals surface area contributed by atoms with Crippen molar-refractivity contribution in [3.05, 3.63) is 30.3 Å². The van der Waals surface area contributed by atoms with Crippen LogP contribution in [0, 0.1) is 6.07 Å². The molecule has 0 heterocycles. The summed E-state index contributed by atoms with van der Waals surface area (Å²) in [6.45, 7) is 0.513. The molecule has 1 nitrogen and oxygen atoms in total. The van der Waals surface area contributed by atoms with E-state index in [9.17, 15) is 4.39 Å². The molecule has 0 fully saturated rings. The molecule has 0 aliphatic carbocycles. The molecule has 0 unspecified atom stereocenters. The summed E-state index contributed by atoms with van der Waals surface area (Å²) in [5.74, 6) is 0.859. The number of benzene rings is 1. The molecule has 0 saturated carbocycles. The van der Waals surface area contributed by atoms with Crippen LogP contribution in [0.4, 0.5) is 4.39 Å². The van der Waals surface area contributed by atoms with Crippen molar-refractivity contribution in [3.63, 3.8) is 0 Å². The minimum atomic E-state index is -0.200. The lowest BCUT2D eigenvalue weighted by Crippen LogP contribution is -1.96. The van der Waals surface area contributed by atoms with Crippen LogP contribution in [0.25, 0.3) is 0 Å². The predicted molar refractivity (Wildman–Crippen MR) is 55.2 cm³/mol. The molecule has 1 radical (unpaired) electrons. The fourth-order valence-electron chi connectivity index (χ4n) is 1.21. The van der Waals surface area contributed by atoms with Crippen LogP contribution in [0.2, 0.25) is 0 Å². The second kappa shape index (κ2) is 7.36. The third-order valence-corrected chi connectivity index (χ3v) is 1.98. The van der Waals surface area contributed by atoms with Crippen LogP contribution >= 0.6 is 0 Å². The zero-order chi connectivity index (χ0) is 10.1. The van der Waals surface area contributed by atoms with E-state index in [2.05, 4.69) is 6.07 Å². The first-order valence-electron chi connectivity index (χ1n) is 5.08. The molecule has 2 heteroatoms. The number of hydrogen-bond donors (Lipinski definition) is 0. The quantitative estimate of drug-likeness (QED) is 0.606. The Balaban J connectivity index is 1.99. The molecular weight excluding hydrogens is 179 g/mol. The molecule has 1 aromatic carbocycles. The zero-order valence-corrected chi connectivity index (χ0v) is 8.34. The van der Waals surface area contributed by atoms with Gasteiger partial charge in [0.2, 0.25) is 0 Å². The summed E-state index contributed by atoms with van der Waals surface area (Å²) in [6.07, 6.45) is 3.68. The van der Waals surface area contributed by atoms with Crippen LogP contribution < -0.4 is 4.74 Å². The summed E-state index contributed by atoms with van der Waals surface area (Å²) in [6, 6.07) is 10.4. The Bertz CT molecular complexity index is 223. The Hall–Kier alpha value is -1.05. The van der Waals surface area contributed by atoms with Gasteiger partial charge in [0.25, 0.3) is 0 Å². The maximum atomic E-state index is 11.7. The molecule has 0 atom stereocenters. The number of alkyl halides is 1. The van der Waals surface area contributed by atoms with E-state index in [-0.39, 0.29) is 6.67 Å². The molecule has 0 aliphatic rings. The molecule has 0 amide bonds. The van der Waals surface area contributed by atoms with Gasteiger partial charge in [-0.1, -0.05) is 18.6 Å². The van der Waals surface area contributed by atoms with Crippen LogP contribution in [0.3, 0.4) is 0 Å². The van der Waals surface area contributed by atoms with Crippen LogP contribution in [0.5, 0.6) is 5.75 Å². The van der Waals surface area contributed by atoms with Crippen LogP contribution in [0.15, 0.2) is 24.3 Å². The molecule has 0 N–H and O–H groups in total. The number of unbranched alkanes of at least 4 members (excludes halogenated alkanes) is 3. The van der Waals surface area contributed by atoms with E-state index in [0.29, 0.717) is 13.0 Å². The van der Waals surface area contributed by atoms with E-state index < -0.39 is 0 Å². The average molecular weight is 195 g/mol. The standard InChI is InChI=1S/C12H16FO/c13-10-6-1-2-7-11-14-12-8-4-3-5-9-12/h3-4,8-9H,1-2,6-7,10-11H2. The van der Waals surface area contributed by atoms with Crippen molar-refractivity contribution in [1.29, 1.82) is 0 Å². The van der Waals surface area contributed by atoms with Crippen molar-refractivity contribution in [3.8, 4) is 5.75 Å². The molecule has 1 aromatic rings. The van der Waals surface area contributed by atoms with Gasteiger partial charge in [0.1, 0.15) is 5.75 Å². The van der Waals surface area contributed by atoms with Gasteiger partial charge in [-0.3, -0.25) is 4.39 Å². The lowest BCUT2D eigenvalue weighted by atomic mass is 10.2. The highest BCUT2D eigenvalue weighted by molar-refractivity contribution is 5.19. The second-order valence-corrected chi connectivity index (χ2v) is 3.19. The first kappa shape index (κ1) is 11.0. The number of halogens is 1. The number of rotatable bonds is 7. The molecule has 0 aliphatic heterocycles. The van der Waals surface area contributed by atoms with Crippen molar-refractivity contribution in [2.75, 3.05) is 13.3 Å². The first-order valence-corrected chi connectivity index (χ1v) is 5.08. The van der Waals surface area contributed by atoms with Gasteiger partial charge in [-0.15, -0.1) is 0 Å². The summed E-state index contributed by atoms with van der Waals surface area (Å²) in [4.78, 5) is 0. The maximum Gasteiger partial charge on any atom is 0.119 e. The normalized spacial score (nSPS) is 10.1. The minimum absolute atomic E-state index is 0.200. The Labute approximate surface area is 84.9 Å². The lowest BCUT2D eigenvalue weighted by molar-refractivity contribution is 0.303. The maximum absolute atomic E-state index is 11.7. The number of hydrogen-bond acceptors (Lipinski definition) is 1. The highest BCUT2D eigenvalue weighted by Gasteiger charge is 1.92. The zero-order valence-electron chi connectivity index (χ0n) is 8.34. The van der Waals surface area contributed by atoms with Gasteiger partial charge in [-0.05, 0) is 37.5 Å². The van der Waals surface area contributed by atoms with Gasteiger partial charge in [-0.2, -0.15) is 0 Å². The highest BCUT2D eigenvalue weighted by atomic mass is 19.1. The molecule has 0 saturated heterocycles. The first-order chi connectivity index (χ1) is 6.93. The van der Waals surface area contributed by atoms with E-state index in [1.807, 2.05) is 24.3 Å². The topological polar surface area (TPSA) is 9.23 Å². The third-order valence-electron chi connectivity index (χ3n) is 1.98. The van der Waals surface area contributed by atoms with Crippen molar-refractivity contribution in [2.45, 2.75) is 25.7 Å². The van der Waals surface area contributed by atoms with E-state index in [0.717, 1.165) is 25.0 Å². The van der Waals surface area contributed by atoms with E-state index in [1.165, 1.54) is 0 Å².